The molecule has 0 fully saturated rings. The Balaban J connectivity index is 2.49. The molecule has 1 rings (SSSR count). The predicted molar refractivity (Wildman–Crippen MR) is 61.8 cm³/mol. The number of rotatable bonds is 2. The SMILES string of the molecule is N#CCNC(=O)Nc1ccc(I)cc1. The van der Waals surface area contributed by atoms with E-state index >= 15 is 0 Å². The number of urea groups is 1. The highest BCUT2D eigenvalue weighted by atomic mass is 127. The molecule has 0 aliphatic carbocycles. The van der Waals surface area contributed by atoms with Crippen LogP contribution >= 0.6 is 22.6 Å². The first kappa shape index (κ1) is 10.8. The van der Waals surface area contributed by atoms with Gasteiger partial charge in [0.25, 0.3) is 0 Å². The first-order valence-corrected chi connectivity index (χ1v) is 4.97. The lowest BCUT2D eigenvalue weighted by Gasteiger charge is -2.04. The van der Waals surface area contributed by atoms with Gasteiger partial charge in [0, 0.05) is 9.26 Å². The van der Waals surface area contributed by atoms with E-state index in [0.717, 1.165) is 3.57 Å². The maximum Gasteiger partial charge on any atom is 0.320 e. The predicted octanol–water partition coefficient (Wildman–Crippen LogP) is 1.94. The van der Waals surface area contributed by atoms with Gasteiger partial charge in [-0.3, -0.25) is 0 Å². The number of nitrogens with one attached hydrogen (secondary N) is 2. The first-order chi connectivity index (χ1) is 6.72. The van der Waals surface area contributed by atoms with Crippen molar-refractivity contribution in [2.45, 2.75) is 0 Å². The zero-order valence-electron chi connectivity index (χ0n) is 7.25. The molecule has 0 heterocycles. The van der Waals surface area contributed by atoms with E-state index in [9.17, 15) is 4.79 Å². The topological polar surface area (TPSA) is 64.9 Å². The number of amides is 2. The highest BCUT2D eigenvalue weighted by Gasteiger charge is 1.99. The number of anilines is 1. The Morgan fingerprint density at radius 2 is 2.07 bits per heavy atom. The number of hydrogen-bond acceptors (Lipinski definition) is 2. The van der Waals surface area contributed by atoms with Crippen LogP contribution in [0.25, 0.3) is 0 Å². The molecule has 1 aromatic rings. The van der Waals surface area contributed by atoms with Crippen molar-refractivity contribution < 1.29 is 4.79 Å². The molecule has 4 nitrogen and oxygen atoms in total. The molecule has 1 aromatic carbocycles. The van der Waals surface area contributed by atoms with Crippen molar-refractivity contribution in [1.29, 1.82) is 5.26 Å². The van der Waals surface area contributed by atoms with Crippen LogP contribution in [0.5, 0.6) is 0 Å². The second-order valence-electron chi connectivity index (χ2n) is 2.47. The number of nitriles is 1. The molecule has 0 unspecified atom stereocenters. The molecular formula is C9H8IN3O. The van der Waals surface area contributed by atoms with Crippen molar-refractivity contribution in [3.05, 3.63) is 27.8 Å². The summed E-state index contributed by atoms with van der Waals surface area (Å²) in [5.41, 5.74) is 0.709. The monoisotopic (exact) mass is 301 g/mol. The van der Waals surface area contributed by atoms with Crippen molar-refractivity contribution in [2.24, 2.45) is 0 Å². The summed E-state index contributed by atoms with van der Waals surface area (Å²) in [4.78, 5) is 11.1. The van der Waals surface area contributed by atoms with Crippen LogP contribution in [0.4, 0.5) is 10.5 Å². The third kappa shape index (κ3) is 3.62. The summed E-state index contributed by atoms with van der Waals surface area (Å²) in [6.07, 6.45) is 0. The molecule has 0 aromatic heterocycles. The molecule has 2 amide bonds. The second-order valence-corrected chi connectivity index (χ2v) is 3.72. The molecular weight excluding hydrogens is 293 g/mol. The fourth-order valence-electron chi connectivity index (χ4n) is 0.828. The lowest BCUT2D eigenvalue weighted by atomic mass is 10.3. The Bertz CT molecular complexity index is 355. The minimum Gasteiger partial charge on any atom is -0.325 e. The average Bonchev–Trinajstić information content (AvgIpc) is 2.18. The van der Waals surface area contributed by atoms with Gasteiger partial charge in [0.2, 0.25) is 0 Å². The summed E-state index contributed by atoms with van der Waals surface area (Å²) >= 11 is 2.18. The molecule has 0 aliphatic rings. The minimum atomic E-state index is -0.368. The van der Waals surface area contributed by atoms with Gasteiger partial charge in [-0.1, -0.05) is 0 Å². The summed E-state index contributed by atoms with van der Waals surface area (Å²) in [6.45, 7) is 0.0101. The lowest BCUT2D eigenvalue weighted by Crippen LogP contribution is -2.28. The van der Waals surface area contributed by atoms with Gasteiger partial charge in [-0.05, 0) is 46.9 Å². The molecule has 0 saturated carbocycles. The summed E-state index contributed by atoms with van der Waals surface area (Å²) in [6, 6.07) is 8.83. The van der Waals surface area contributed by atoms with Crippen LogP contribution in [0.3, 0.4) is 0 Å². The van der Waals surface area contributed by atoms with E-state index in [1.54, 1.807) is 12.1 Å². The van der Waals surface area contributed by atoms with Crippen molar-refractivity contribution in [2.75, 3.05) is 11.9 Å². The molecule has 72 valence electrons. The Hall–Kier alpha value is -1.29. The summed E-state index contributed by atoms with van der Waals surface area (Å²) < 4.78 is 1.10. The summed E-state index contributed by atoms with van der Waals surface area (Å²) in [5, 5.41) is 13.2. The van der Waals surface area contributed by atoms with Gasteiger partial charge in [-0.25, -0.2) is 4.79 Å². The molecule has 0 radical (unpaired) electrons. The van der Waals surface area contributed by atoms with Crippen LogP contribution in [0.1, 0.15) is 0 Å². The van der Waals surface area contributed by atoms with Gasteiger partial charge in [-0.15, -0.1) is 0 Å². The fraction of sp³-hybridized carbons (Fsp3) is 0.111. The van der Waals surface area contributed by atoms with Crippen molar-refractivity contribution in [3.63, 3.8) is 0 Å². The molecule has 0 bridgehead atoms. The van der Waals surface area contributed by atoms with E-state index in [4.69, 9.17) is 5.26 Å². The largest absolute Gasteiger partial charge is 0.325 e. The van der Waals surface area contributed by atoms with E-state index in [1.807, 2.05) is 18.2 Å². The number of carbonyl (C=O) groups excluding carboxylic acids is 1. The van der Waals surface area contributed by atoms with Gasteiger partial charge in [0.05, 0.1) is 6.07 Å². The van der Waals surface area contributed by atoms with Crippen LogP contribution in [-0.2, 0) is 0 Å². The molecule has 0 aliphatic heterocycles. The van der Waals surface area contributed by atoms with E-state index in [2.05, 4.69) is 33.2 Å². The third-order valence-electron chi connectivity index (χ3n) is 1.43. The number of halogens is 1. The third-order valence-corrected chi connectivity index (χ3v) is 2.15. The maximum absolute atomic E-state index is 11.1. The smallest absolute Gasteiger partial charge is 0.320 e. The Morgan fingerprint density at radius 1 is 1.43 bits per heavy atom. The quantitative estimate of drug-likeness (QED) is 0.647. The zero-order chi connectivity index (χ0) is 10.4. The van der Waals surface area contributed by atoms with Crippen LogP contribution < -0.4 is 10.6 Å². The van der Waals surface area contributed by atoms with Crippen molar-refractivity contribution in [3.8, 4) is 6.07 Å². The summed E-state index contributed by atoms with van der Waals surface area (Å²) in [7, 11) is 0. The number of benzene rings is 1. The molecule has 0 atom stereocenters. The van der Waals surface area contributed by atoms with Crippen LogP contribution in [0, 0.1) is 14.9 Å². The van der Waals surface area contributed by atoms with E-state index in [-0.39, 0.29) is 12.6 Å². The normalized spacial score (nSPS) is 8.86. The number of carbonyl (C=O) groups is 1. The maximum atomic E-state index is 11.1. The van der Waals surface area contributed by atoms with Crippen molar-refractivity contribution >= 4 is 34.3 Å². The van der Waals surface area contributed by atoms with Crippen LogP contribution in [0.15, 0.2) is 24.3 Å². The highest BCUT2D eigenvalue weighted by molar-refractivity contribution is 14.1. The molecule has 5 heteroatoms. The van der Waals surface area contributed by atoms with Crippen molar-refractivity contribution in [1.82, 2.24) is 5.32 Å². The molecule has 0 saturated heterocycles. The van der Waals surface area contributed by atoms with E-state index < -0.39 is 0 Å². The van der Waals surface area contributed by atoms with Crippen LogP contribution in [-0.4, -0.2) is 12.6 Å². The second kappa shape index (κ2) is 5.44. The average molecular weight is 301 g/mol. The Morgan fingerprint density at radius 3 is 2.64 bits per heavy atom. The van der Waals surface area contributed by atoms with Gasteiger partial charge in [0.15, 0.2) is 0 Å². The standard InChI is InChI=1S/C9H8IN3O/c10-7-1-3-8(4-2-7)13-9(14)12-6-5-11/h1-4H,6H2,(H2,12,13,14). The lowest BCUT2D eigenvalue weighted by molar-refractivity contribution is 0.253. The molecule has 0 spiro atoms. The van der Waals surface area contributed by atoms with Gasteiger partial charge in [-0.2, -0.15) is 5.26 Å². The molecule has 14 heavy (non-hydrogen) atoms. The van der Waals surface area contributed by atoms with E-state index in [1.165, 1.54) is 0 Å². The van der Waals surface area contributed by atoms with Gasteiger partial charge in [0.1, 0.15) is 6.54 Å². The van der Waals surface area contributed by atoms with Crippen LogP contribution in [0.2, 0.25) is 0 Å². The Labute approximate surface area is 95.4 Å². The minimum absolute atomic E-state index is 0.0101. The number of nitrogens with zero attached hydrogens (tertiary/aromatic N) is 1. The first-order valence-electron chi connectivity index (χ1n) is 3.90. The highest BCUT2D eigenvalue weighted by Crippen LogP contribution is 2.10. The fourth-order valence-corrected chi connectivity index (χ4v) is 1.19. The van der Waals surface area contributed by atoms with Gasteiger partial charge >= 0.3 is 6.03 Å². The molecule has 2 N–H and O–H groups in total. The van der Waals surface area contributed by atoms with Gasteiger partial charge < -0.3 is 10.6 Å². The van der Waals surface area contributed by atoms with E-state index in [0.29, 0.717) is 5.69 Å². The summed E-state index contributed by atoms with van der Waals surface area (Å²) in [5.74, 6) is 0. The number of hydrogen-bond donors (Lipinski definition) is 2. The Kier molecular flexibility index (Phi) is 4.19. The zero-order valence-corrected chi connectivity index (χ0v) is 9.41.